The minimum atomic E-state index is -1.07. The van der Waals surface area contributed by atoms with Crippen molar-refractivity contribution in [3.05, 3.63) is 11.1 Å². The molecule has 1 N–H and O–H groups in total. The maximum atomic E-state index is 12.4. The van der Waals surface area contributed by atoms with Gasteiger partial charge in [-0.3, -0.25) is 4.79 Å². The monoisotopic (exact) mass is 293 g/mol. The number of aromatic nitrogens is 1. The van der Waals surface area contributed by atoms with Crippen LogP contribution in [0.1, 0.15) is 30.6 Å². The van der Waals surface area contributed by atoms with Crippen molar-refractivity contribution in [2.45, 2.75) is 32.6 Å². The van der Waals surface area contributed by atoms with Gasteiger partial charge in [0.1, 0.15) is 0 Å². The number of fused-ring (bicyclic) bond motifs is 3. The summed E-state index contributed by atoms with van der Waals surface area (Å²) in [7, 11) is 0. The zero-order valence-corrected chi connectivity index (χ0v) is 12.1. The van der Waals surface area contributed by atoms with E-state index in [0.29, 0.717) is 5.13 Å². The van der Waals surface area contributed by atoms with Gasteiger partial charge in [0.25, 0.3) is 0 Å². The van der Waals surface area contributed by atoms with E-state index in [1.54, 1.807) is 6.20 Å². The van der Waals surface area contributed by atoms with Crippen molar-refractivity contribution in [1.29, 1.82) is 0 Å². The number of thiazole rings is 1. The standard InChI is InChI=1S/C14H18N2O3S/c1-7-6-15-14(20-7)16-12(17)10-8-2-4-9(5-3-8)11(10)13(18)19/h6,8-11H,2-5H2,1H3,(H,18,19)(H,15,16,17)/p-1/t8?,9?,10-,11+/m1/s1. The molecule has 108 valence electrons. The van der Waals surface area contributed by atoms with Gasteiger partial charge < -0.3 is 15.2 Å². The Morgan fingerprint density at radius 3 is 2.35 bits per heavy atom. The summed E-state index contributed by atoms with van der Waals surface area (Å²) in [6.45, 7) is 1.92. The number of carboxylic acids is 1. The summed E-state index contributed by atoms with van der Waals surface area (Å²) in [4.78, 5) is 29.0. The second kappa shape index (κ2) is 5.16. The summed E-state index contributed by atoms with van der Waals surface area (Å²) in [5, 5.41) is 14.7. The molecule has 0 spiro atoms. The van der Waals surface area contributed by atoms with Gasteiger partial charge in [-0.05, 0) is 44.4 Å². The first-order valence-corrected chi connectivity index (χ1v) is 7.82. The number of nitrogens with one attached hydrogen (secondary N) is 1. The van der Waals surface area contributed by atoms with E-state index in [2.05, 4.69) is 10.3 Å². The molecule has 0 saturated heterocycles. The number of hydrogen-bond acceptors (Lipinski definition) is 5. The summed E-state index contributed by atoms with van der Waals surface area (Å²) < 4.78 is 0. The van der Waals surface area contributed by atoms with E-state index in [1.807, 2.05) is 6.92 Å². The first kappa shape index (κ1) is 13.5. The third-order valence-electron chi connectivity index (χ3n) is 4.65. The Balaban J connectivity index is 1.79. The van der Waals surface area contributed by atoms with Gasteiger partial charge >= 0.3 is 0 Å². The number of rotatable bonds is 3. The topological polar surface area (TPSA) is 82.1 Å². The van der Waals surface area contributed by atoms with Gasteiger partial charge in [0.05, 0.1) is 0 Å². The number of carbonyl (C=O) groups is 2. The van der Waals surface area contributed by atoms with Crippen LogP contribution in [0.5, 0.6) is 0 Å². The van der Waals surface area contributed by atoms with Crippen LogP contribution in [0, 0.1) is 30.6 Å². The van der Waals surface area contributed by atoms with Crippen molar-refractivity contribution < 1.29 is 14.7 Å². The summed E-state index contributed by atoms with van der Waals surface area (Å²) >= 11 is 1.40. The van der Waals surface area contributed by atoms with Crippen molar-refractivity contribution >= 4 is 28.3 Å². The Morgan fingerprint density at radius 1 is 1.25 bits per heavy atom. The fourth-order valence-corrected chi connectivity index (χ4v) is 4.43. The number of carboxylic acid groups (broad SMARTS) is 1. The Bertz CT molecular complexity index is 534. The van der Waals surface area contributed by atoms with Gasteiger partial charge in [-0.1, -0.05) is 0 Å². The van der Waals surface area contributed by atoms with Crippen LogP contribution >= 0.6 is 11.3 Å². The summed E-state index contributed by atoms with van der Waals surface area (Å²) in [5.74, 6) is -2.11. The fourth-order valence-electron chi connectivity index (χ4n) is 3.77. The lowest BCUT2D eigenvalue weighted by Crippen LogP contribution is -2.52. The molecule has 3 aliphatic carbocycles. The van der Waals surface area contributed by atoms with Gasteiger partial charge in [-0.25, -0.2) is 4.98 Å². The minimum absolute atomic E-state index is 0.0961. The van der Waals surface area contributed by atoms with Crippen LogP contribution in [0.15, 0.2) is 6.20 Å². The molecule has 1 aromatic rings. The molecule has 0 aromatic carbocycles. The Kier molecular flexibility index (Phi) is 3.50. The smallest absolute Gasteiger partial charge is 0.230 e. The van der Waals surface area contributed by atoms with Gasteiger partial charge in [0, 0.05) is 28.9 Å². The highest BCUT2D eigenvalue weighted by molar-refractivity contribution is 7.15. The molecule has 0 unspecified atom stereocenters. The molecule has 2 bridgehead atoms. The number of amides is 1. The van der Waals surface area contributed by atoms with Gasteiger partial charge in [-0.15, -0.1) is 11.3 Å². The van der Waals surface area contributed by atoms with E-state index >= 15 is 0 Å². The molecule has 5 nitrogen and oxygen atoms in total. The molecule has 3 aliphatic rings. The maximum Gasteiger partial charge on any atom is 0.230 e. The summed E-state index contributed by atoms with van der Waals surface area (Å²) in [6.07, 6.45) is 5.41. The van der Waals surface area contributed by atoms with Crippen molar-refractivity contribution in [1.82, 2.24) is 4.98 Å². The first-order valence-electron chi connectivity index (χ1n) is 7.00. The van der Waals surface area contributed by atoms with Gasteiger partial charge in [-0.2, -0.15) is 0 Å². The van der Waals surface area contributed by atoms with Crippen LogP contribution in [0.25, 0.3) is 0 Å². The van der Waals surface area contributed by atoms with Crippen LogP contribution in [0.3, 0.4) is 0 Å². The average molecular weight is 293 g/mol. The van der Waals surface area contributed by atoms with E-state index in [1.165, 1.54) is 11.3 Å². The maximum absolute atomic E-state index is 12.4. The zero-order valence-electron chi connectivity index (χ0n) is 11.3. The van der Waals surface area contributed by atoms with Crippen LogP contribution in [-0.4, -0.2) is 16.9 Å². The molecule has 3 saturated carbocycles. The molecule has 3 fully saturated rings. The number of hydrogen-bond donors (Lipinski definition) is 1. The van der Waals surface area contributed by atoms with Crippen molar-refractivity contribution in [2.24, 2.45) is 23.7 Å². The Hall–Kier alpha value is -1.43. The molecule has 1 amide bonds. The molecular formula is C14H17N2O3S-. The first-order chi connectivity index (χ1) is 9.56. The largest absolute Gasteiger partial charge is 0.550 e. The summed E-state index contributed by atoms with van der Waals surface area (Å²) in [6, 6.07) is 0. The second-order valence-corrected chi connectivity index (χ2v) is 7.05. The lowest BCUT2D eigenvalue weighted by atomic mass is 9.58. The SMILES string of the molecule is Cc1cnc(NC(=O)[C@@H]2C3CCC(CC3)[C@@H]2C(=O)[O-])s1. The third kappa shape index (κ3) is 2.32. The average Bonchev–Trinajstić information content (AvgIpc) is 2.84. The van der Waals surface area contributed by atoms with E-state index in [-0.39, 0.29) is 17.7 Å². The molecule has 4 rings (SSSR count). The Morgan fingerprint density at radius 2 is 1.85 bits per heavy atom. The normalized spacial score (nSPS) is 32.0. The van der Waals surface area contributed by atoms with Crippen LogP contribution < -0.4 is 10.4 Å². The van der Waals surface area contributed by atoms with Crippen LogP contribution in [0.4, 0.5) is 5.13 Å². The Labute approximate surface area is 121 Å². The van der Waals surface area contributed by atoms with Crippen molar-refractivity contribution in [2.75, 3.05) is 5.32 Å². The highest BCUT2D eigenvalue weighted by Gasteiger charge is 2.47. The number of anilines is 1. The van der Waals surface area contributed by atoms with Crippen LogP contribution in [-0.2, 0) is 9.59 Å². The number of aryl methyl sites for hydroxylation is 1. The van der Waals surface area contributed by atoms with Crippen LogP contribution in [0.2, 0.25) is 0 Å². The fraction of sp³-hybridized carbons (Fsp3) is 0.643. The van der Waals surface area contributed by atoms with Gasteiger partial charge in [0.15, 0.2) is 5.13 Å². The quantitative estimate of drug-likeness (QED) is 0.907. The second-order valence-electron chi connectivity index (χ2n) is 5.81. The lowest BCUT2D eigenvalue weighted by Gasteiger charge is -2.48. The zero-order chi connectivity index (χ0) is 14.3. The number of aliphatic carboxylic acids is 1. The molecular weight excluding hydrogens is 276 g/mol. The predicted octanol–water partition coefficient (Wildman–Crippen LogP) is 1.19. The minimum Gasteiger partial charge on any atom is -0.550 e. The van der Waals surface area contributed by atoms with Crippen molar-refractivity contribution in [3.63, 3.8) is 0 Å². The molecule has 0 radical (unpaired) electrons. The molecule has 1 aromatic heterocycles. The van der Waals surface area contributed by atoms with Crippen molar-refractivity contribution in [3.8, 4) is 0 Å². The highest BCUT2D eigenvalue weighted by atomic mass is 32.1. The number of nitrogens with zero attached hydrogens (tertiary/aromatic N) is 1. The van der Waals surface area contributed by atoms with E-state index in [0.717, 1.165) is 30.6 Å². The molecule has 6 heteroatoms. The van der Waals surface area contributed by atoms with E-state index in [4.69, 9.17) is 0 Å². The van der Waals surface area contributed by atoms with Gasteiger partial charge in [0.2, 0.25) is 5.91 Å². The van der Waals surface area contributed by atoms with E-state index < -0.39 is 17.8 Å². The highest BCUT2D eigenvalue weighted by Crippen LogP contribution is 2.49. The molecule has 1 heterocycles. The molecule has 20 heavy (non-hydrogen) atoms. The summed E-state index contributed by atoms with van der Waals surface area (Å²) in [5.41, 5.74) is 0. The predicted molar refractivity (Wildman–Crippen MR) is 72.9 cm³/mol. The third-order valence-corrected chi connectivity index (χ3v) is 5.47. The number of carbonyl (C=O) groups excluding carboxylic acids is 2. The molecule has 0 aliphatic heterocycles. The van der Waals surface area contributed by atoms with E-state index in [9.17, 15) is 14.7 Å². The lowest BCUT2D eigenvalue weighted by molar-refractivity contribution is -0.318. The molecule has 2 atom stereocenters.